The number of amides is 2. The van der Waals surface area contributed by atoms with Gasteiger partial charge in [-0.05, 0) is 43.9 Å². The first-order chi connectivity index (χ1) is 17.1. The molecule has 1 aromatic rings. The van der Waals surface area contributed by atoms with Crippen molar-refractivity contribution in [3.63, 3.8) is 0 Å². The number of hydrogen-bond acceptors (Lipinski definition) is 7. The summed E-state index contributed by atoms with van der Waals surface area (Å²) >= 11 is 1.72. The minimum Gasteiger partial charge on any atom is -0.493 e. The van der Waals surface area contributed by atoms with E-state index in [-0.39, 0.29) is 29.7 Å². The van der Waals surface area contributed by atoms with Crippen LogP contribution in [0.1, 0.15) is 37.7 Å². The molecule has 4 rings (SSSR count). The number of hydrazone groups is 1. The Morgan fingerprint density at radius 2 is 1.80 bits per heavy atom. The Morgan fingerprint density at radius 3 is 2.49 bits per heavy atom. The van der Waals surface area contributed by atoms with Gasteiger partial charge in [-0.2, -0.15) is 16.9 Å². The molecule has 0 aromatic heterocycles. The van der Waals surface area contributed by atoms with E-state index in [1.54, 1.807) is 31.0 Å². The standard InChI is InChI=1S/C26H36N4O4S/c1-33-22-8-7-18(17-23(22)34-2)25-20-5-3-4-6-21(20)26(32)30(28-25)19-9-13-29(14-10-19)24(31)11-15-35-16-12-27/h3-4,7-8,17,19-21H,5-6,9-16,27H2,1-2H3. The van der Waals surface area contributed by atoms with Gasteiger partial charge in [0.1, 0.15) is 0 Å². The van der Waals surface area contributed by atoms with Crippen LogP contribution in [0, 0.1) is 11.8 Å². The van der Waals surface area contributed by atoms with Gasteiger partial charge in [-0.1, -0.05) is 12.2 Å². The van der Waals surface area contributed by atoms with Gasteiger partial charge in [-0.25, -0.2) is 5.01 Å². The van der Waals surface area contributed by atoms with Gasteiger partial charge in [0, 0.05) is 49.0 Å². The van der Waals surface area contributed by atoms with Gasteiger partial charge in [0.2, 0.25) is 11.8 Å². The molecule has 0 bridgehead atoms. The fourth-order valence-electron chi connectivity index (χ4n) is 5.19. The minimum absolute atomic E-state index is 0.000153. The van der Waals surface area contributed by atoms with E-state index in [0.29, 0.717) is 37.6 Å². The van der Waals surface area contributed by atoms with Crippen molar-refractivity contribution in [1.29, 1.82) is 0 Å². The summed E-state index contributed by atoms with van der Waals surface area (Å²) in [6, 6.07) is 5.83. The molecular weight excluding hydrogens is 464 g/mol. The van der Waals surface area contributed by atoms with E-state index in [9.17, 15) is 9.59 Å². The number of benzene rings is 1. The molecule has 1 fully saturated rings. The van der Waals surface area contributed by atoms with Crippen molar-refractivity contribution >= 4 is 29.3 Å². The van der Waals surface area contributed by atoms with Crippen molar-refractivity contribution < 1.29 is 19.1 Å². The molecule has 2 unspecified atom stereocenters. The summed E-state index contributed by atoms with van der Waals surface area (Å²) in [6.07, 6.45) is 7.80. The molecule has 2 heterocycles. The molecule has 8 nitrogen and oxygen atoms in total. The molecule has 190 valence electrons. The summed E-state index contributed by atoms with van der Waals surface area (Å²) in [5.74, 6) is 3.22. The Kier molecular flexibility index (Phi) is 8.73. The first kappa shape index (κ1) is 25.6. The van der Waals surface area contributed by atoms with Crippen molar-refractivity contribution in [2.24, 2.45) is 22.7 Å². The largest absolute Gasteiger partial charge is 0.493 e. The molecule has 0 radical (unpaired) electrons. The molecule has 2 N–H and O–H groups in total. The normalized spacial score (nSPS) is 22.6. The third kappa shape index (κ3) is 5.67. The quantitative estimate of drug-likeness (QED) is 0.414. The number of fused-ring (bicyclic) bond motifs is 1. The number of thioether (sulfide) groups is 1. The summed E-state index contributed by atoms with van der Waals surface area (Å²) in [7, 11) is 3.24. The third-order valence-electron chi connectivity index (χ3n) is 7.11. The smallest absolute Gasteiger partial charge is 0.247 e. The second-order valence-electron chi connectivity index (χ2n) is 9.16. The zero-order chi connectivity index (χ0) is 24.8. The lowest BCUT2D eigenvalue weighted by Crippen LogP contribution is -2.52. The third-order valence-corrected chi connectivity index (χ3v) is 8.12. The number of nitrogens with two attached hydrogens (primary N) is 1. The van der Waals surface area contributed by atoms with Gasteiger partial charge in [-0.3, -0.25) is 9.59 Å². The van der Waals surface area contributed by atoms with Crippen LogP contribution in [0.25, 0.3) is 0 Å². The van der Waals surface area contributed by atoms with Crippen molar-refractivity contribution in [2.75, 3.05) is 45.4 Å². The molecule has 2 atom stereocenters. The van der Waals surface area contributed by atoms with Crippen LogP contribution in [0.4, 0.5) is 0 Å². The van der Waals surface area contributed by atoms with Crippen molar-refractivity contribution in [1.82, 2.24) is 9.91 Å². The molecule has 1 aromatic carbocycles. The number of likely N-dealkylation sites (tertiary alicyclic amines) is 1. The van der Waals surface area contributed by atoms with Crippen LogP contribution in [0.15, 0.2) is 35.5 Å². The number of methoxy groups -OCH3 is 2. The number of piperidine rings is 1. The maximum absolute atomic E-state index is 13.5. The second kappa shape index (κ2) is 11.9. The van der Waals surface area contributed by atoms with Gasteiger partial charge >= 0.3 is 0 Å². The predicted octanol–water partition coefficient (Wildman–Crippen LogP) is 2.91. The molecule has 2 amide bonds. The summed E-state index contributed by atoms with van der Waals surface area (Å²) in [4.78, 5) is 28.0. The van der Waals surface area contributed by atoms with E-state index in [0.717, 1.165) is 48.5 Å². The summed E-state index contributed by atoms with van der Waals surface area (Å²) < 4.78 is 10.9. The fraction of sp³-hybridized carbons (Fsp3) is 0.577. The summed E-state index contributed by atoms with van der Waals surface area (Å²) in [5, 5.41) is 6.69. The molecule has 3 aliphatic rings. The van der Waals surface area contributed by atoms with E-state index in [1.165, 1.54) is 0 Å². The topological polar surface area (TPSA) is 97.5 Å². The Balaban J connectivity index is 1.51. The van der Waals surface area contributed by atoms with Crippen LogP contribution < -0.4 is 15.2 Å². The number of rotatable bonds is 9. The highest BCUT2D eigenvalue weighted by molar-refractivity contribution is 7.99. The van der Waals surface area contributed by atoms with Crippen LogP contribution in [0.2, 0.25) is 0 Å². The number of allylic oxidation sites excluding steroid dienone is 2. The zero-order valence-corrected chi connectivity index (χ0v) is 21.5. The van der Waals surface area contributed by atoms with Gasteiger partial charge in [0.25, 0.3) is 0 Å². The maximum atomic E-state index is 13.5. The lowest BCUT2D eigenvalue weighted by atomic mass is 9.76. The van der Waals surface area contributed by atoms with E-state index < -0.39 is 0 Å². The Morgan fingerprint density at radius 1 is 1.09 bits per heavy atom. The highest BCUT2D eigenvalue weighted by Gasteiger charge is 2.43. The monoisotopic (exact) mass is 500 g/mol. The molecule has 1 saturated heterocycles. The lowest BCUT2D eigenvalue weighted by Gasteiger charge is -2.42. The molecule has 2 aliphatic heterocycles. The predicted molar refractivity (Wildman–Crippen MR) is 139 cm³/mol. The minimum atomic E-state index is -0.111. The highest BCUT2D eigenvalue weighted by Crippen LogP contribution is 2.38. The van der Waals surface area contributed by atoms with Crippen LogP contribution in [-0.4, -0.2) is 78.8 Å². The van der Waals surface area contributed by atoms with Gasteiger partial charge in [0.15, 0.2) is 11.5 Å². The number of ether oxygens (including phenoxy) is 2. The Labute approximate surface area is 211 Å². The summed E-state index contributed by atoms with van der Waals surface area (Å²) in [5.41, 5.74) is 7.40. The summed E-state index contributed by atoms with van der Waals surface area (Å²) in [6.45, 7) is 1.95. The number of carbonyl (C=O) groups is 2. The molecule has 0 saturated carbocycles. The van der Waals surface area contributed by atoms with Crippen LogP contribution in [0.5, 0.6) is 11.5 Å². The fourth-order valence-corrected chi connectivity index (χ4v) is 5.88. The van der Waals surface area contributed by atoms with E-state index in [4.69, 9.17) is 20.3 Å². The van der Waals surface area contributed by atoms with Gasteiger partial charge in [0.05, 0.1) is 31.9 Å². The molecular formula is C26H36N4O4S. The van der Waals surface area contributed by atoms with Crippen LogP contribution >= 0.6 is 11.8 Å². The van der Waals surface area contributed by atoms with Crippen molar-refractivity contribution in [3.8, 4) is 11.5 Å². The van der Waals surface area contributed by atoms with E-state index in [1.807, 2.05) is 23.1 Å². The van der Waals surface area contributed by atoms with Gasteiger partial charge < -0.3 is 20.1 Å². The average molecular weight is 501 g/mol. The molecule has 35 heavy (non-hydrogen) atoms. The first-order valence-corrected chi connectivity index (χ1v) is 13.6. The van der Waals surface area contributed by atoms with Crippen molar-refractivity contribution in [3.05, 3.63) is 35.9 Å². The highest BCUT2D eigenvalue weighted by atomic mass is 32.2. The Bertz CT molecular complexity index is 974. The Hall–Kier alpha value is -2.52. The molecule has 9 heteroatoms. The zero-order valence-electron chi connectivity index (χ0n) is 20.7. The number of carbonyl (C=O) groups excluding carboxylic acids is 2. The van der Waals surface area contributed by atoms with Crippen molar-refractivity contribution in [2.45, 2.75) is 38.1 Å². The van der Waals surface area contributed by atoms with Crippen LogP contribution in [0.3, 0.4) is 0 Å². The molecule has 0 spiro atoms. The second-order valence-corrected chi connectivity index (χ2v) is 10.4. The first-order valence-electron chi connectivity index (χ1n) is 12.4. The van der Waals surface area contributed by atoms with Gasteiger partial charge in [-0.15, -0.1) is 0 Å². The van der Waals surface area contributed by atoms with E-state index >= 15 is 0 Å². The van der Waals surface area contributed by atoms with E-state index in [2.05, 4.69) is 12.2 Å². The molecule has 1 aliphatic carbocycles. The lowest BCUT2D eigenvalue weighted by molar-refractivity contribution is -0.142. The maximum Gasteiger partial charge on any atom is 0.247 e. The van der Waals surface area contributed by atoms with Crippen LogP contribution in [-0.2, 0) is 9.59 Å². The average Bonchev–Trinajstić information content (AvgIpc) is 2.91. The number of hydrogen-bond donors (Lipinski definition) is 1. The number of nitrogens with zero attached hydrogens (tertiary/aromatic N) is 3. The SMILES string of the molecule is COc1ccc(C2=NN(C3CCN(C(=O)CCSCCN)CC3)C(=O)C3CC=CCC23)cc1OC.